The molecule has 4 rings (SSSR count). The Bertz CT molecular complexity index is 970. The topological polar surface area (TPSA) is 81.1 Å². The predicted molar refractivity (Wildman–Crippen MR) is 81.7 cm³/mol. The highest BCUT2D eigenvalue weighted by atomic mass is 19.4. The SMILES string of the molecule is Fc1ccc(-c2noc(C3(F)CCN(Cc4nnc(C(F)(F)F)o4)C3)n2)cc1. The maximum absolute atomic E-state index is 15.2. The van der Waals surface area contributed by atoms with Gasteiger partial charge < -0.3 is 8.94 Å². The summed E-state index contributed by atoms with van der Waals surface area (Å²) in [5, 5.41) is 9.98. The molecular weight excluding hydrogens is 389 g/mol. The molecule has 28 heavy (non-hydrogen) atoms. The van der Waals surface area contributed by atoms with Crippen molar-refractivity contribution in [2.45, 2.75) is 24.8 Å². The van der Waals surface area contributed by atoms with Crippen LogP contribution in [0.1, 0.15) is 24.1 Å². The predicted octanol–water partition coefficient (Wildman–Crippen LogP) is 3.35. The largest absolute Gasteiger partial charge is 0.470 e. The van der Waals surface area contributed by atoms with Crippen molar-refractivity contribution in [3.63, 3.8) is 0 Å². The lowest BCUT2D eigenvalue weighted by molar-refractivity contribution is -0.157. The van der Waals surface area contributed by atoms with Crippen molar-refractivity contribution < 1.29 is 30.9 Å². The van der Waals surface area contributed by atoms with Crippen molar-refractivity contribution in [3.05, 3.63) is 47.8 Å². The minimum atomic E-state index is -4.74. The van der Waals surface area contributed by atoms with Crippen LogP contribution < -0.4 is 0 Å². The average Bonchev–Trinajstić information content (AvgIpc) is 3.36. The molecule has 1 fully saturated rings. The molecule has 2 aromatic heterocycles. The first kappa shape index (κ1) is 18.5. The molecule has 3 aromatic rings. The Balaban J connectivity index is 1.45. The summed E-state index contributed by atoms with van der Waals surface area (Å²) in [6.07, 6.45) is -4.74. The van der Waals surface area contributed by atoms with E-state index in [1.54, 1.807) is 0 Å². The van der Waals surface area contributed by atoms with Gasteiger partial charge in [0.15, 0.2) is 0 Å². The highest BCUT2D eigenvalue weighted by molar-refractivity contribution is 5.53. The zero-order chi connectivity index (χ0) is 19.9. The zero-order valence-corrected chi connectivity index (χ0v) is 14.1. The molecule has 12 heteroatoms. The maximum atomic E-state index is 15.2. The molecule has 1 aliphatic rings. The van der Waals surface area contributed by atoms with Gasteiger partial charge in [-0.3, -0.25) is 4.90 Å². The molecule has 0 amide bonds. The summed E-state index contributed by atoms with van der Waals surface area (Å²) in [6.45, 7) is -0.121. The first-order chi connectivity index (χ1) is 13.2. The molecule has 0 spiro atoms. The molecule has 0 bridgehead atoms. The molecule has 1 aromatic carbocycles. The van der Waals surface area contributed by atoms with Crippen LogP contribution in [0.25, 0.3) is 11.4 Å². The molecule has 1 unspecified atom stereocenters. The van der Waals surface area contributed by atoms with E-state index in [4.69, 9.17) is 4.52 Å². The Kier molecular flexibility index (Phi) is 4.37. The van der Waals surface area contributed by atoms with E-state index >= 15 is 4.39 Å². The van der Waals surface area contributed by atoms with Gasteiger partial charge >= 0.3 is 12.1 Å². The second-order valence-corrected chi connectivity index (χ2v) is 6.35. The van der Waals surface area contributed by atoms with Crippen LogP contribution in [0.2, 0.25) is 0 Å². The summed E-state index contributed by atoms with van der Waals surface area (Å²) in [5.41, 5.74) is -1.52. The standard InChI is InChI=1S/C16H12F5N5O2/c17-10-3-1-9(2-4-10)12-22-13(28-25-12)15(18)5-6-26(8-15)7-11-23-24-14(27-11)16(19,20)21/h1-4H,5-8H2. The number of nitrogens with zero attached hydrogens (tertiary/aromatic N) is 5. The fraction of sp³-hybridized carbons (Fsp3) is 0.375. The normalized spacial score (nSPS) is 20.8. The highest BCUT2D eigenvalue weighted by Gasteiger charge is 2.45. The number of hydrogen-bond donors (Lipinski definition) is 0. The lowest BCUT2D eigenvalue weighted by Gasteiger charge is -2.15. The van der Waals surface area contributed by atoms with Crippen LogP contribution in [0.3, 0.4) is 0 Å². The van der Waals surface area contributed by atoms with E-state index in [2.05, 4.69) is 24.8 Å². The Morgan fingerprint density at radius 2 is 1.89 bits per heavy atom. The summed E-state index contributed by atoms with van der Waals surface area (Å²) in [6, 6.07) is 5.30. The van der Waals surface area contributed by atoms with Crippen LogP contribution in [0.5, 0.6) is 0 Å². The van der Waals surface area contributed by atoms with Gasteiger partial charge in [-0.2, -0.15) is 18.2 Å². The van der Waals surface area contributed by atoms with E-state index in [0.717, 1.165) is 0 Å². The van der Waals surface area contributed by atoms with E-state index in [1.807, 2.05) is 0 Å². The summed E-state index contributed by atoms with van der Waals surface area (Å²) in [7, 11) is 0. The molecule has 148 valence electrons. The van der Waals surface area contributed by atoms with Gasteiger partial charge in [0.1, 0.15) is 5.82 Å². The summed E-state index contributed by atoms with van der Waals surface area (Å²) < 4.78 is 75.3. The Hall–Kier alpha value is -2.89. The fourth-order valence-electron chi connectivity index (χ4n) is 2.90. The Morgan fingerprint density at radius 3 is 2.57 bits per heavy atom. The number of alkyl halides is 4. The van der Waals surface area contributed by atoms with E-state index in [1.165, 1.54) is 29.2 Å². The second-order valence-electron chi connectivity index (χ2n) is 6.35. The fourth-order valence-corrected chi connectivity index (χ4v) is 2.90. The number of benzene rings is 1. The molecular formula is C16H12F5N5O2. The highest BCUT2D eigenvalue weighted by Crippen LogP contribution is 2.37. The monoisotopic (exact) mass is 401 g/mol. The average molecular weight is 401 g/mol. The maximum Gasteiger partial charge on any atom is 0.470 e. The van der Waals surface area contributed by atoms with Crippen LogP contribution in [0.15, 0.2) is 33.2 Å². The number of hydrogen-bond acceptors (Lipinski definition) is 7. The van der Waals surface area contributed by atoms with Crippen LogP contribution >= 0.6 is 0 Å². The van der Waals surface area contributed by atoms with Crippen molar-refractivity contribution >= 4 is 0 Å². The summed E-state index contributed by atoms with van der Waals surface area (Å²) >= 11 is 0. The molecule has 1 atom stereocenters. The number of rotatable bonds is 4. The van der Waals surface area contributed by atoms with Crippen LogP contribution in [-0.4, -0.2) is 38.3 Å². The van der Waals surface area contributed by atoms with Gasteiger partial charge in [-0.1, -0.05) is 5.16 Å². The molecule has 0 radical (unpaired) electrons. The number of halogens is 5. The van der Waals surface area contributed by atoms with E-state index < -0.39 is 23.6 Å². The molecule has 0 saturated carbocycles. The van der Waals surface area contributed by atoms with Crippen molar-refractivity contribution in [1.29, 1.82) is 0 Å². The molecule has 3 heterocycles. The van der Waals surface area contributed by atoms with Crippen molar-refractivity contribution in [2.75, 3.05) is 13.1 Å². The zero-order valence-electron chi connectivity index (χ0n) is 14.1. The van der Waals surface area contributed by atoms with Crippen molar-refractivity contribution in [2.24, 2.45) is 0 Å². The van der Waals surface area contributed by atoms with Crippen LogP contribution in [0.4, 0.5) is 22.0 Å². The molecule has 7 nitrogen and oxygen atoms in total. The quantitative estimate of drug-likeness (QED) is 0.620. The number of likely N-dealkylation sites (tertiary alicyclic amines) is 1. The van der Waals surface area contributed by atoms with Gasteiger partial charge in [-0.05, 0) is 24.3 Å². The van der Waals surface area contributed by atoms with Gasteiger partial charge in [-0.15, -0.1) is 10.2 Å². The van der Waals surface area contributed by atoms with Crippen LogP contribution in [0, 0.1) is 5.82 Å². The molecule has 0 aliphatic carbocycles. The molecule has 1 aliphatic heterocycles. The Labute approximate surface area is 154 Å². The molecule has 0 N–H and O–H groups in total. The summed E-state index contributed by atoms with van der Waals surface area (Å²) in [5.74, 6) is -2.30. The van der Waals surface area contributed by atoms with Crippen molar-refractivity contribution in [3.8, 4) is 11.4 Å². The smallest absolute Gasteiger partial charge is 0.416 e. The minimum absolute atomic E-state index is 0.00167. The third-order valence-corrected chi connectivity index (χ3v) is 4.28. The second kappa shape index (κ2) is 6.62. The first-order valence-corrected chi connectivity index (χ1v) is 8.14. The van der Waals surface area contributed by atoms with E-state index in [9.17, 15) is 17.6 Å². The van der Waals surface area contributed by atoms with Gasteiger partial charge in [0.05, 0.1) is 6.54 Å². The third kappa shape index (κ3) is 3.59. The first-order valence-electron chi connectivity index (χ1n) is 8.14. The Morgan fingerprint density at radius 1 is 1.14 bits per heavy atom. The number of aromatic nitrogens is 4. The third-order valence-electron chi connectivity index (χ3n) is 4.28. The van der Waals surface area contributed by atoms with Crippen LogP contribution in [-0.2, 0) is 18.4 Å². The summed E-state index contributed by atoms with van der Waals surface area (Å²) in [4.78, 5) is 5.55. The van der Waals surface area contributed by atoms with Gasteiger partial charge in [0.25, 0.3) is 5.89 Å². The minimum Gasteiger partial charge on any atom is -0.416 e. The van der Waals surface area contributed by atoms with E-state index in [-0.39, 0.29) is 43.7 Å². The molecule has 1 saturated heterocycles. The van der Waals surface area contributed by atoms with Gasteiger partial charge in [0, 0.05) is 25.1 Å². The van der Waals surface area contributed by atoms with E-state index in [0.29, 0.717) is 5.56 Å². The lowest BCUT2D eigenvalue weighted by Crippen LogP contribution is -2.27. The lowest BCUT2D eigenvalue weighted by atomic mass is 10.1. The van der Waals surface area contributed by atoms with Gasteiger partial charge in [0.2, 0.25) is 17.4 Å². The van der Waals surface area contributed by atoms with Gasteiger partial charge in [-0.25, -0.2) is 8.78 Å². The van der Waals surface area contributed by atoms with Crippen molar-refractivity contribution in [1.82, 2.24) is 25.2 Å².